The lowest BCUT2D eigenvalue weighted by Crippen LogP contribution is -2.43. The van der Waals surface area contributed by atoms with Crippen molar-refractivity contribution < 1.29 is 34.1 Å². The summed E-state index contributed by atoms with van der Waals surface area (Å²) in [5.41, 5.74) is 5.74. The molecule has 0 aromatic heterocycles. The summed E-state index contributed by atoms with van der Waals surface area (Å²) >= 11 is 0. The minimum atomic E-state index is -0.365. The quantitative estimate of drug-likeness (QED) is 0.0229. The molecule has 13 heteroatoms. The number of ether oxygens (including phenoxy) is 1. The standard InChI is InChI=1S/C31H54N2O3.C26H53N3O3.C2H7NO.4CH4/c1-3-4-5-6-7-8-9-10-11-12-13-14-15-16-17-21-26-33-31(35)29(32-2)24-25-30(34)36-27-28-22-19-18-20-23-28;1-3-4-5-6-7-8-9-10-11-12-13-14-15-16-17-18-21-29-26(32)24(27-2)19-20-25(31)28-22-23-30;3-1-2-4;;;;/h18-20,22-23,29,32H,3-17,21,24-27H2,1-2H3,(H,33,35);24,27,30H,3-23H2,1-2H3,(H,28,31)(H,29,32);4H,1-3H2;4*1H4. The molecule has 3 amide bonds. The van der Waals surface area contributed by atoms with Crippen molar-refractivity contribution in [2.75, 3.05) is 53.5 Å². The first-order valence-electron chi connectivity index (χ1n) is 29.5. The van der Waals surface area contributed by atoms with Crippen LogP contribution < -0.4 is 32.3 Å². The molecule has 1 aromatic rings. The van der Waals surface area contributed by atoms with Gasteiger partial charge in [-0.05, 0) is 45.3 Å². The molecule has 0 heterocycles. The van der Waals surface area contributed by atoms with Crippen molar-refractivity contribution >= 4 is 23.7 Å². The van der Waals surface area contributed by atoms with Crippen molar-refractivity contribution in [1.82, 2.24) is 26.6 Å². The van der Waals surface area contributed by atoms with Gasteiger partial charge in [0.15, 0.2) is 0 Å². The molecule has 13 nitrogen and oxygen atoms in total. The van der Waals surface area contributed by atoms with Gasteiger partial charge in [-0.1, -0.05) is 267 Å². The second kappa shape index (κ2) is 69.9. The largest absolute Gasteiger partial charge is 0.461 e. The van der Waals surface area contributed by atoms with E-state index in [0.29, 0.717) is 32.5 Å². The van der Waals surface area contributed by atoms with Gasteiger partial charge < -0.3 is 47.3 Å². The van der Waals surface area contributed by atoms with Crippen LogP contribution in [0.1, 0.15) is 280 Å². The number of aliphatic hydroxyl groups is 2. The molecule has 0 saturated carbocycles. The van der Waals surface area contributed by atoms with Crippen LogP contribution in [-0.4, -0.2) is 99.5 Å². The van der Waals surface area contributed by atoms with Crippen molar-refractivity contribution in [3.63, 3.8) is 0 Å². The Balaban J connectivity index is -0.000000288. The topological polar surface area (TPSA) is 204 Å². The fourth-order valence-electron chi connectivity index (χ4n) is 8.46. The molecule has 2 unspecified atom stereocenters. The van der Waals surface area contributed by atoms with Gasteiger partial charge in [0.1, 0.15) is 6.61 Å². The SMILES string of the molecule is C.C.C.C.CCCCCCCCCCCCCCCCCCNC(=O)C(CCC(=O)NCCO)NC.CCCCCCCCCCCCCCCCCCNC(=O)C(CCC(=O)OCc1ccccc1)NC.NCCO. The highest BCUT2D eigenvalue weighted by molar-refractivity contribution is 5.83. The monoisotopic (exact) mass is 1080 g/mol. The molecule has 0 aliphatic carbocycles. The Labute approximate surface area is 471 Å². The summed E-state index contributed by atoms with van der Waals surface area (Å²) in [6.45, 7) is 6.89. The average Bonchev–Trinajstić information content (AvgIpc) is 3.40. The summed E-state index contributed by atoms with van der Waals surface area (Å²) in [5.74, 6) is -0.479. The van der Waals surface area contributed by atoms with Gasteiger partial charge in [-0.3, -0.25) is 19.2 Å². The van der Waals surface area contributed by atoms with Gasteiger partial charge >= 0.3 is 5.97 Å². The van der Waals surface area contributed by atoms with E-state index in [1.54, 1.807) is 14.1 Å². The van der Waals surface area contributed by atoms with Gasteiger partial charge in [0.2, 0.25) is 17.7 Å². The molecule has 0 spiro atoms. The van der Waals surface area contributed by atoms with Crippen molar-refractivity contribution in [2.24, 2.45) is 5.73 Å². The highest BCUT2D eigenvalue weighted by Gasteiger charge is 2.19. The van der Waals surface area contributed by atoms with E-state index in [9.17, 15) is 19.2 Å². The Bertz CT molecular complexity index is 1310. The first kappa shape index (κ1) is 84.2. The molecular weight excluding hydrogens is 953 g/mol. The Morgan fingerprint density at radius 3 is 1.08 bits per heavy atom. The summed E-state index contributed by atoms with van der Waals surface area (Å²) in [7, 11) is 3.50. The molecular formula is C63H130N6O7. The van der Waals surface area contributed by atoms with Crippen LogP contribution in [0.3, 0.4) is 0 Å². The van der Waals surface area contributed by atoms with Gasteiger partial charge in [-0.15, -0.1) is 0 Å². The van der Waals surface area contributed by atoms with E-state index in [1.165, 1.54) is 180 Å². The predicted molar refractivity (Wildman–Crippen MR) is 329 cm³/mol. The first-order chi connectivity index (χ1) is 35.2. The molecule has 454 valence electrons. The van der Waals surface area contributed by atoms with E-state index in [0.717, 1.165) is 31.2 Å². The zero-order chi connectivity index (χ0) is 53.2. The number of esters is 1. The minimum Gasteiger partial charge on any atom is -0.461 e. The maximum atomic E-state index is 12.4. The van der Waals surface area contributed by atoms with Gasteiger partial charge in [0.25, 0.3) is 0 Å². The highest BCUT2D eigenvalue weighted by atomic mass is 16.5. The van der Waals surface area contributed by atoms with Crippen LogP contribution >= 0.6 is 0 Å². The van der Waals surface area contributed by atoms with E-state index in [1.807, 2.05) is 30.3 Å². The van der Waals surface area contributed by atoms with Crippen LogP contribution in [-0.2, 0) is 30.5 Å². The number of unbranched alkanes of at least 4 members (excludes halogenated alkanes) is 30. The minimum absolute atomic E-state index is 0. The first-order valence-corrected chi connectivity index (χ1v) is 29.5. The van der Waals surface area contributed by atoms with Crippen LogP contribution in [0, 0.1) is 0 Å². The maximum absolute atomic E-state index is 12.4. The number of carbonyl (C=O) groups excluding carboxylic acids is 4. The summed E-state index contributed by atoms with van der Waals surface area (Å²) in [5, 5.41) is 31.1. The van der Waals surface area contributed by atoms with E-state index < -0.39 is 0 Å². The smallest absolute Gasteiger partial charge is 0.306 e. The maximum Gasteiger partial charge on any atom is 0.306 e. The van der Waals surface area contributed by atoms with Crippen LogP contribution in [0.4, 0.5) is 0 Å². The second-order valence-corrected chi connectivity index (χ2v) is 19.7. The molecule has 0 aliphatic heterocycles. The number of amides is 3. The van der Waals surface area contributed by atoms with Crippen molar-refractivity contribution in [3.8, 4) is 0 Å². The molecule has 0 fully saturated rings. The van der Waals surface area contributed by atoms with Gasteiger partial charge in [0.05, 0.1) is 25.3 Å². The molecule has 0 radical (unpaired) electrons. The van der Waals surface area contributed by atoms with Crippen LogP contribution in [0.15, 0.2) is 30.3 Å². The van der Waals surface area contributed by atoms with E-state index in [2.05, 4.69) is 40.4 Å². The fourth-order valence-corrected chi connectivity index (χ4v) is 8.46. The molecule has 0 saturated heterocycles. The molecule has 76 heavy (non-hydrogen) atoms. The Morgan fingerprint density at radius 1 is 0.461 bits per heavy atom. The number of benzene rings is 1. The van der Waals surface area contributed by atoms with Crippen molar-refractivity contribution in [1.29, 1.82) is 0 Å². The third-order valence-corrected chi connectivity index (χ3v) is 13.1. The Morgan fingerprint density at radius 2 is 0.776 bits per heavy atom. The summed E-state index contributed by atoms with van der Waals surface area (Å²) in [6, 6.07) is 8.91. The Hall–Kier alpha value is -3.10. The molecule has 0 aliphatic rings. The lowest BCUT2D eigenvalue weighted by molar-refractivity contribution is -0.145. The number of rotatable bonds is 49. The molecule has 1 aromatic carbocycles. The Kier molecular flexibility index (Phi) is 77.5. The second-order valence-electron chi connectivity index (χ2n) is 19.7. The van der Waals surface area contributed by atoms with Crippen molar-refractivity contribution in [2.45, 2.75) is 293 Å². The third-order valence-electron chi connectivity index (χ3n) is 13.1. The summed E-state index contributed by atoms with van der Waals surface area (Å²) in [4.78, 5) is 48.2. The average molecular weight is 1080 g/mol. The van der Waals surface area contributed by atoms with Gasteiger partial charge in [0, 0.05) is 39.0 Å². The van der Waals surface area contributed by atoms with Gasteiger partial charge in [-0.25, -0.2) is 0 Å². The highest BCUT2D eigenvalue weighted by Crippen LogP contribution is 2.16. The zero-order valence-corrected chi connectivity index (χ0v) is 47.0. The van der Waals surface area contributed by atoms with Crippen LogP contribution in [0.25, 0.3) is 0 Å². The summed E-state index contributed by atoms with van der Waals surface area (Å²) in [6.07, 6.45) is 44.4. The predicted octanol–water partition coefficient (Wildman–Crippen LogP) is 13.8. The number of likely N-dealkylation sites (N-methyl/N-ethyl adjacent to an activating group) is 2. The molecule has 1 rings (SSSR count). The van der Waals surface area contributed by atoms with Gasteiger partial charge in [-0.2, -0.15) is 0 Å². The molecule has 0 bridgehead atoms. The third kappa shape index (κ3) is 61.7. The number of hydrogen-bond donors (Lipinski definition) is 8. The van der Waals surface area contributed by atoms with Crippen molar-refractivity contribution in [3.05, 3.63) is 35.9 Å². The zero-order valence-electron chi connectivity index (χ0n) is 47.0. The van der Waals surface area contributed by atoms with E-state index in [-0.39, 0.29) is 105 Å². The lowest BCUT2D eigenvalue weighted by Gasteiger charge is -2.16. The number of nitrogens with one attached hydrogen (secondary N) is 5. The molecule has 9 N–H and O–H groups in total. The summed E-state index contributed by atoms with van der Waals surface area (Å²) < 4.78 is 5.30. The molecule has 2 atom stereocenters. The lowest BCUT2D eigenvalue weighted by atomic mass is 10.0. The fraction of sp³-hybridized carbons (Fsp3) is 0.841. The number of nitrogens with two attached hydrogens (primary N) is 1. The van der Waals surface area contributed by atoms with E-state index in [4.69, 9.17) is 20.7 Å². The number of aliphatic hydroxyl groups excluding tert-OH is 2. The normalized spacial score (nSPS) is 11.0. The van der Waals surface area contributed by atoms with E-state index >= 15 is 0 Å². The van der Waals surface area contributed by atoms with Crippen LogP contribution in [0.2, 0.25) is 0 Å². The number of hydrogen-bond acceptors (Lipinski definition) is 10. The van der Waals surface area contributed by atoms with Crippen LogP contribution in [0.5, 0.6) is 0 Å². The number of carbonyl (C=O) groups is 4.